The molecule has 0 saturated carbocycles. The molecule has 0 bridgehead atoms. The number of allylic oxidation sites excluding steroid dienone is 4. The number of aliphatic hydroxyl groups excluding tert-OH is 3. The van der Waals surface area contributed by atoms with Crippen LogP contribution in [0.4, 0.5) is 0 Å². The smallest absolute Gasteiger partial charge is 0.306 e. The van der Waals surface area contributed by atoms with E-state index < -0.39 is 71.2 Å². The van der Waals surface area contributed by atoms with Crippen molar-refractivity contribution in [2.45, 2.75) is 256 Å². The SMILES string of the molecule is CCCCCCCC/C=C/C/C=C/CCC(=O)OC(COC(=O)CCCCCCCCCCCCCCCCCCCCCCC)CO[C@H]1O[C@H](CS(=O)(=O)O)[C@@H](O)C(O)C1O. The van der Waals surface area contributed by atoms with E-state index in [0.717, 1.165) is 32.1 Å². The summed E-state index contributed by atoms with van der Waals surface area (Å²) in [7, 11) is -4.61. The first-order chi connectivity index (χ1) is 30.0. The molecule has 364 valence electrons. The minimum absolute atomic E-state index is 0.0613. The summed E-state index contributed by atoms with van der Waals surface area (Å²) in [6.45, 7) is 3.73. The van der Waals surface area contributed by atoms with Crippen molar-refractivity contribution in [1.29, 1.82) is 0 Å². The molecule has 1 rings (SSSR count). The lowest BCUT2D eigenvalue weighted by atomic mass is 10.00. The first kappa shape index (κ1) is 58.1. The number of ether oxygens (including phenoxy) is 4. The molecule has 0 amide bonds. The number of unbranched alkanes of at least 4 members (excludes halogenated alkanes) is 26. The van der Waals surface area contributed by atoms with Gasteiger partial charge in [0.15, 0.2) is 12.4 Å². The Balaban J connectivity index is 2.37. The monoisotopic (exact) mass is 903 g/mol. The van der Waals surface area contributed by atoms with Gasteiger partial charge in [0, 0.05) is 12.8 Å². The van der Waals surface area contributed by atoms with Gasteiger partial charge < -0.3 is 34.3 Å². The second-order valence-corrected chi connectivity index (χ2v) is 19.0. The summed E-state index contributed by atoms with van der Waals surface area (Å²) < 4.78 is 54.1. The van der Waals surface area contributed by atoms with Crippen LogP contribution in [0.5, 0.6) is 0 Å². The number of rotatable bonds is 42. The summed E-state index contributed by atoms with van der Waals surface area (Å²) in [6, 6.07) is 0. The van der Waals surface area contributed by atoms with Crippen LogP contribution in [-0.2, 0) is 38.7 Å². The number of aliphatic hydroxyl groups is 3. The van der Waals surface area contributed by atoms with Gasteiger partial charge in [0.1, 0.15) is 36.8 Å². The van der Waals surface area contributed by atoms with Crippen molar-refractivity contribution in [3.63, 3.8) is 0 Å². The topological polar surface area (TPSA) is 186 Å². The third-order valence-electron chi connectivity index (χ3n) is 11.5. The second kappa shape index (κ2) is 39.5. The number of hydrogen-bond acceptors (Lipinski definition) is 11. The lowest BCUT2D eigenvalue weighted by molar-refractivity contribution is -0.297. The van der Waals surface area contributed by atoms with Crippen LogP contribution in [0.1, 0.15) is 219 Å². The fourth-order valence-corrected chi connectivity index (χ4v) is 8.36. The van der Waals surface area contributed by atoms with E-state index in [4.69, 9.17) is 18.9 Å². The van der Waals surface area contributed by atoms with Crippen LogP contribution in [0.15, 0.2) is 24.3 Å². The molecule has 0 radical (unpaired) electrons. The van der Waals surface area contributed by atoms with Crippen LogP contribution in [0, 0.1) is 0 Å². The van der Waals surface area contributed by atoms with E-state index in [1.807, 2.05) is 12.2 Å². The Hall–Kier alpha value is -1.87. The molecular weight excluding hydrogens is 813 g/mol. The summed E-state index contributed by atoms with van der Waals surface area (Å²) in [4.78, 5) is 25.4. The molecule has 6 atom stereocenters. The Labute approximate surface area is 377 Å². The van der Waals surface area contributed by atoms with Crippen LogP contribution in [0.2, 0.25) is 0 Å². The van der Waals surface area contributed by atoms with E-state index in [2.05, 4.69) is 26.0 Å². The Morgan fingerprint density at radius 2 is 1.00 bits per heavy atom. The lowest BCUT2D eigenvalue weighted by Crippen LogP contribution is -2.60. The molecule has 13 heteroatoms. The molecule has 0 aromatic carbocycles. The van der Waals surface area contributed by atoms with Crippen molar-refractivity contribution < 1.29 is 56.8 Å². The van der Waals surface area contributed by atoms with E-state index in [-0.39, 0.29) is 19.4 Å². The zero-order valence-electron chi connectivity index (χ0n) is 39.0. The molecule has 0 aliphatic carbocycles. The number of esters is 2. The predicted molar refractivity (Wildman–Crippen MR) is 247 cm³/mol. The molecule has 0 spiro atoms. The van der Waals surface area contributed by atoms with Gasteiger partial charge in [-0.05, 0) is 32.1 Å². The maximum Gasteiger partial charge on any atom is 0.306 e. The van der Waals surface area contributed by atoms with Crippen LogP contribution in [-0.4, -0.2) is 96.0 Å². The van der Waals surface area contributed by atoms with Gasteiger partial charge in [-0.25, -0.2) is 0 Å². The van der Waals surface area contributed by atoms with E-state index in [9.17, 15) is 37.9 Å². The van der Waals surface area contributed by atoms with Gasteiger partial charge in [-0.2, -0.15) is 8.42 Å². The van der Waals surface area contributed by atoms with Crippen LogP contribution < -0.4 is 0 Å². The summed E-state index contributed by atoms with van der Waals surface area (Å²) >= 11 is 0. The molecule has 1 fully saturated rings. The maximum atomic E-state index is 12.8. The third kappa shape index (κ3) is 33.6. The van der Waals surface area contributed by atoms with Crippen LogP contribution in [0.25, 0.3) is 0 Å². The fraction of sp³-hybridized carbons (Fsp3) is 0.878. The van der Waals surface area contributed by atoms with Gasteiger partial charge in [0.25, 0.3) is 10.1 Å². The van der Waals surface area contributed by atoms with Crippen molar-refractivity contribution >= 4 is 22.1 Å². The standard InChI is InChI=1S/C49H90O12S/c1-3-5-7-9-11-13-15-17-18-19-20-21-22-23-24-26-27-29-31-33-35-37-44(50)58-39-42(40-59-49-48(54)47(53)46(52)43(61-49)41-62(55,56)57)60-45(51)38-36-34-32-30-28-25-16-14-12-10-8-6-4-2/h25,28,32,34,42-43,46-49,52-54H,3-24,26-27,29-31,33,35-41H2,1-2H3,(H,55,56,57)/b28-25+,34-32+/t42?,43-,46-,47?,48?,49+/m1/s1. The van der Waals surface area contributed by atoms with Gasteiger partial charge in [0.2, 0.25) is 0 Å². The molecule has 12 nitrogen and oxygen atoms in total. The van der Waals surface area contributed by atoms with Crippen molar-refractivity contribution in [3.8, 4) is 0 Å². The molecule has 0 aromatic rings. The quantitative estimate of drug-likeness (QED) is 0.0197. The van der Waals surface area contributed by atoms with Gasteiger partial charge in [-0.15, -0.1) is 0 Å². The van der Waals surface area contributed by atoms with E-state index in [1.54, 1.807) is 0 Å². The van der Waals surface area contributed by atoms with E-state index in [0.29, 0.717) is 12.8 Å². The molecular formula is C49H90O12S. The first-order valence-corrected chi connectivity index (χ1v) is 26.5. The van der Waals surface area contributed by atoms with Crippen molar-refractivity contribution in [3.05, 3.63) is 24.3 Å². The Morgan fingerprint density at radius 3 is 1.48 bits per heavy atom. The van der Waals surface area contributed by atoms with Crippen molar-refractivity contribution in [1.82, 2.24) is 0 Å². The largest absolute Gasteiger partial charge is 0.462 e. The number of carbonyl (C=O) groups is 2. The molecule has 1 aliphatic rings. The molecule has 62 heavy (non-hydrogen) atoms. The molecule has 1 heterocycles. The molecule has 4 N–H and O–H groups in total. The average Bonchev–Trinajstić information content (AvgIpc) is 3.24. The van der Waals surface area contributed by atoms with E-state index >= 15 is 0 Å². The predicted octanol–water partition coefficient (Wildman–Crippen LogP) is 10.8. The van der Waals surface area contributed by atoms with Gasteiger partial charge in [-0.1, -0.05) is 199 Å². The zero-order valence-corrected chi connectivity index (χ0v) is 39.8. The van der Waals surface area contributed by atoms with Crippen molar-refractivity contribution in [2.24, 2.45) is 0 Å². The van der Waals surface area contributed by atoms with Crippen molar-refractivity contribution in [2.75, 3.05) is 19.0 Å². The minimum Gasteiger partial charge on any atom is -0.462 e. The molecule has 1 saturated heterocycles. The zero-order chi connectivity index (χ0) is 45.5. The highest BCUT2D eigenvalue weighted by Crippen LogP contribution is 2.24. The first-order valence-electron chi connectivity index (χ1n) is 24.9. The maximum absolute atomic E-state index is 12.8. The van der Waals surface area contributed by atoms with Gasteiger partial charge in [-0.3, -0.25) is 14.1 Å². The summed E-state index contributed by atoms with van der Waals surface area (Å²) in [5.74, 6) is -2.06. The van der Waals surface area contributed by atoms with Gasteiger partial charge in [0.05, 0.1) is 6.61 Å². The number of hydrogen-bond donors (Lipinski definition) is 4. The van der Waals surface area contributed by atoms with E-state index in [1.165, 1.54) is 148 Å². The molecule has 1 aliphatic heterocycles. The lowest BCUT2D eigenvalue weighted by Gasteiger charge is -2.40. The summed E-state index contributed by atoms with van der Waals surface area (Å²) in [5, 5.41) is 30.9. The Morgan fingerprint density at radius 1 is 0.548 bits per heavy atom. The third-order valence-corrected chi connectivity index (χ3v) is 12.3. The normalized spacial score (nSPS) is 20.0. The van der Waals surface area contributed by atoms with Crippen LogP contribution >= 0.6 is 0 Å². The average molecular weight is 903 g/mol. The molecule has 3 unspecified atom stereocenters. The second-order valence-electron chi connectivity index (χ2n) is 17.5. The highest BCUT2D eigenvalue weighted by Gasteiger charge is 2.46. The summed E-state index contributed by atoms with van der Waals surface area (Å²) in [5.41, 5.74) is 0. The molecule has 0 aromatic heterocycles. The van der Waals surface area contributed by atoms with Gasteiger partial charge >= 0.3 is 11.9 Å². The highest BCUT2D eigenvalue weighted by atomic mass is 32.2. The number of carbonyl (C=O) groups excluding carboxylic acids is 2. The fourth-order valence-electron chi connectivity index (χ4n) is 7.67. The highest BCUT2D eigenvalue weighted by molar-refractivity contribution is 7.85. The Kier molecular flexibility index (Phi) is 37.0. The minimum atomic E-state index is -4.61. The Bertz CT molecular complexity index is 1240. The van der Waals surface area contributed by atoms with Crippen LogP contribution in [0.3, 0.4) is 0 Å². The summed E-state index contributed by atoms with van der Waals surface area (Å²) in [6.07, 6.45) is 35.3.